The second-order valence-electron chi connectivity index (χ2n) is 6.61. The molecule has 2 aromatic heterocycles. The minimum absolute atomic E-state index is 0.0395. The summed E-state index contributed by atoms with van der Waals surface area (Å²) < 4.78 is 49.2. The molecule has 3 heterocycles. The highest BCUT2D eigenvalue weighted by molar-refractivity contribution is 5.79. The van der Waals surface area contributed by atoms with Gasteiger partial charge in [0.25, 0.3) is 5.89 Å². The minimum Gasteiger partial charge on any atom is -0.367 e. The van der Waals surface area contributed by atoms with Crippen molar-refractivity contribution < 1.29 is 27.2 Å². The van der Waals surface area contributed by atoms with Crippen LogP contribution in [0.25, 0.3) is 22.8 Å². The maximum absolute atomic E-state index is 12.9. The molecule has 0 aliphatic carbocycles. The first-order valence-electron chi connectivity index (χ1n) is 8.95. The first-order valence-corrected chi connectivity index (χ1v) is 8.95. The van der Waals surface area contributed by atoms with Crippen LogP contribution in [0.5, 0.6) is 0 Å². The third kappa shape index (κ3) is 4.10. The van der Waals surface area contributed by atoms with Crippen LogP contribution in [0.15, 0.2) is 47.1 Å². The molecule has 1 fully saturated rings. The lowest BCUT2D eigenvalue weighted by Crippen LogP contribution is -2.48. The molecule has 30 heavy (non-hydrogen) atoms. The van der Waals surface area contributed by atoms with Crippen LogP contribution >= 0.6 is 0 Å². The minimum atomic E-state index is -4.46. The van der Waals surface area contributed by atoms with Gasteiger partial charge in [-0.15, -0.1) is 0 Å². The zero-order valence-corrected chi connectivity index (χ0v) is 15.5. The van der Waals surface area contributed by atoms with Crippen molar-refractivity contribution in [2.24, 2.45) is 5.73 Å². The molecule has 1 atom stereocenters. The van der Waals surface area contributed by atoms with Crippen LogP contribution in [0.3, 0.4) is 0 Å². The summed E-state index contributed by atoms with van der Waals surface area (Å²) in [5, 5.41) is 3.77. The number of pyridine rings is 1. The zero-order chi connectivity index (χ0) is 21.3. The number of carbonyl (C=O) groups excluding carboxylic acids is 1. The average molecular weight is 419 g/mol. The molecule has 0 saturated carbocycles. The van der Waals surface area contributed by atoms with Gasteiger partial charge in [-0.05, 0) is 24.3 Å². The van der Waals surface area contributed by atoms with E-state index in [1.54, 1.807) is 12.1 Å². The number of primary amides is 1. The maximum atomic E-state index is 12.9. The Hall–Kier alpha value is -3.47. The van der Waals surface area contributed by atoms with Crippen molar-refractivity contribution in [3.8, 4) is 22.8 Å². The number of morpholine rings is 1. The van der Waals surface area contributed by atoms with E-state index in [0.29, 0.717) is 31.1 Å². The van der Waals surface area contributed by atoms with Crippen molar-refractivity contribution in [2.75, 3.05) is 24.6 Å². The SMILES string of the molecule is NC(=O)C1CN(c2ccc(-c3nc(-c4cccc(C(F)(F)F)c4)no3)cn2)CCO1. The fourth-order valence-corrected chi connectivity index (χ4v) is 3.02. The van der Waals surface area contributed by atoms with E-state index >= 15 is 0 Å². The van der Waals surface area contributed by atoms with Crippen molar-refractivity contribution in [1.82, 2.24) is 15.1 Å². The lowest BCUT2D eigenvalue weighted by atomic mass is 10.1. The molecule has 3 aromatic rings. The fraction of sp³-hybridized carbons (Fsp3) is 0.263. The molecular formula is C19H16F3N5O3. The Morgan fingerprint density at radius 2 is 2.03 bits per heavy atom. The van der Waals surface area contributed by atoms with Gasteiger partial charge in [-0.1, -0.05) is 17.3 Å². The molecule has 1 saturated heterocycles. The van der Waals surface area contributed by atoms with Crippen LogP contribution in [0.2, 0.25) is 0 Å². The van der Waals surface area contributed by atoms with Gasteiger partial charge in [0.2, 0.25) is 11.7 Å². The Balaban J connectivity index is 1.52. The zero-order valence-electron chi connectivity index (χ0n) is 15.5. The highest BCUT2D eigenvalue weighted by atomic mass is 19.4. The van der Waals surface area contributed by atoms with Gasteiger partial charge in [0.1, 0.15) is 5.82 Å². The molecule has 4 rings (SSSR count). The van der Waals surface area contributed by atoms with Crippen molar-refractivity contribution in [1.29, 1.82) is 0 Å². The summed E-state index contributed by atoms with van der Waals surface area (Å²) in [4.78, 5) is 21.7. The molecule has 0 bridgehead atoms. The summed E-state index contributed by atoms with van der Waals surface area (Å²) in [6, 6.07) is 8.10. The molecule has 8 nitrogen and oxygen atoms in total. The van der Waals surface area contributed by atoms with Gasteiger partial charge in [0, 0.05) is 18.3 Å². The van der Waals surface area contributed by atoms with Crippen LogP contribution in [0.4, 0.5) is 19.0 Å². The average Bonchev–Trinajstić information content (AvgIpc) is 3.24. The highest BCUT2D eigenvalue weighted by Gasteiger charge is 2.31. The molecule has 1 amide bonds. The number of alkyl halides is 3. The van der Waals surface area contributed by atoms with Gasteiger partial charge in [0.05, 0.1) is 24.3 Å². The number of hydrogen-bond donors (Lipinski definition) is 1. The third-order valence-corrected chi connectivity index (χ3v) is 4.58. The molecule has 11 heteroatoms. The maximum Gasteiger partial charge on any atom is 0.416 e. The van der Waals surface area contributed by atoms with Crippen molar-refractivity contribution >= 4 is 11.7 Å². The number of ether oxygens (including phenoxy) is 1. The van der Waals surface area contributed by atoms with E-state index in [1.165, 1.54) is 18.3 Å². The van der Waals surface area contributed by atoms with Gasteiger partial charge in [-0.3, -0.25) is 4.79 Å². The second-order valence-corrected chi connectivity index (χ2v) is 6.61. The number of benzene rings is 1. The smallest absolute Gasteiger partial charge is 0.367 e. The largest absolute Gasteiger partial charge is 0.416 e. The molecule has 0 spiro atoms. The predicted octanol–water partition coefficient (Wildman–Crippen LogP) is 2.51. The van der Waals surface area contributed by atoms with E-state index in [9.17, 15) is 18.0 Å². The number of rotatable bonds is 4. The Kier molecular flexibility index (Phi) is 5.12. The van der Waals surface area contributed by atoms with Gasteiger partial charge in [-0.25, -0.2) is 4.98 Å². The monoisotopic (exact) mass is 419 g/mol. The van der Waals surface area contributed by atoms with E-state index in [1.807, 2.05) is 4.90 Å². The number of amides is 1. The Morgan fingerprint density at radius 3 is 2.73 bits per heavy atom. The second kappa shape index (κ2) is 7.75. The molecule has 2 N–H and O–H groups in total. The van der Waals surface area contributed by atoms with Crippen molar-refractivity contribution in [2.45, 2.75) is 12.3 Å². The number of carbonyl (C=O) groups is 1. The van der Waals surface area contributed by atoms with E-state index in [0.717, 1.165) is 12.1 Å². The van der Waals surface area contributed by atoms with Gasteiger partial charge < -0.3 is 19.9 Å². The number of hydrogen-bond acceptors (Lipinski definition) is 7. The molecule has 1 aliphatic rings. The number of aromatic nitrogens is 3. The van der Waals surface area contributed by atoms with Crippen LogP contribution < -0.4 is 10.6 Å². The van der Waals surface area contributed by atoms with Gasteiger partial charge >= 0.3 is 6.18 Å². The third-order valence-electron chi connectivity index (χ3n) is 4.58. The first-order chi connectivity index (χ1) is 14.3. The highest BCUT2D eigenvalue weighted by Crippen LogP contribution is 2.32. The Labute approximate surface area is 168 Å². The number of nitrogens with two attached hydrogens (primary N) is 1. The Bertz CT molecular complexity index is 1050. The number of halogens is 3. The van der Waals surface area contributed by atoms with Gasteiger partial charge in [0.15, 0.2) is 6.10 Å². The summed E-state index contributed by atoms with van der Waals surface area (Å²) in [5.74, 6) is 0.242. The van der Waals surface area contributed by atoms with Crippen molar-refractivity contribution in [3.63, 3.8) is 0 Å². The standard InChI is InChI=1S/C19H16F3N5O3/c20-19(21,22)13-3-1-2-11(8-13)17-25-18(30-26-17)12-4-5-15(24-9-12)27-6-7-29-14(10-27)16(23)28/h1-5,8-9,14H,6-7,10H2,(H2,23,28). The topological polar surface area (TPSA) is 107 Å². The van der Waals surface area contributed by atoms with Crippen LogP contribution in [-0.2, 0) is 15.7 Å². The van der Waals surface area contributed by atoms with E-state index in [-0.39, 0.29) is 17.3 Å². The molecule has 1 unspecified atom stereocenters. The molecular weight excluding hydrogens is 403 g/mol. The van der Waals surface area contributed by atoms with Crippen molar-refractivity contribution in [3.05, 3.63) is 48.2 Å². The predicted molar refractivity (Wildman–Crippen MR) is 99.1 cm³/mol. The van der Waals surface area contributed by atoms with Gasteiger partial charge in [-0.2, -0.15) is 18.2 Å². The summed E-state index contributed by atoms with van der Waals surface area (Å²) in [5.41, 5.74) is 5.19. The summed E-state index contributed by atoms with van der Waals surface area (Å²) in [6.07, 6.45) is -3.66. The van der Waals surface area contributed by atoms with E-state index in [4.69, 9.17) is 15.0 Å². The van der Waals surface area contributed by atoms with Crippen LogP contribution in [-0.4, -0.2) is 46.8 Å². The van der Waals surface area contributed by atoms with Crippen LogP contribution in [0, 0.1) is 0 Å². The van der Waals surface area contributed by atoms with Crippen LogP contribution in [0.1, 0.15) is 5.56 Å². The lowest BCUT2D eigenvalue weighted by Gasteiger charge is -2.32. The molecule has 1 aliphatic heterocycles. The molecule has 1 aromatic carbocycles. The number of anilines is 1. The Morgan fingerprint density at radius 1 is 1.20 bits per heavy atom. The summed E-state index contributed by atoms with van der Waals surface area (Å²) in [7, 11) is 0. The number of nitrogens with zero attached hydrogens (tertiary/aromatic N) is 4. The lowest BCUT2D eigenvalue weighted by molar-refractivity contribution is -0.137. The molecule has 156 valence electrons. The fourth-order valence-electron chi connectivity index (χ4n) is 3.02. The van der Waals surface area contributed by atoms with E-state index in [2.05, 4.69) is 15.1 Å². The molecule has 0 radical (unpaired) electrons. The quantitative estimate of drug-likeness (QED) is 0.692. The summed E-state index contributed by atoms with van der Waals surface area (Å²) in [6.45, 7) is 1.19. The normalized spacial score (nSPS) is 17.2. The first kappa shape index (κ1) is 19.8. The summed E-state index contributed by atoms with van der Waals surface area (Å²) >= 11 is 0. The van der Waals surface area contributed by atoms with E-state index < -0.39 is 23.8 Å².